The number of anilines is 1. The molecule has 0 N–H and O–H groups in total. The van der Waals surface area contributed by atoms with E-state index < -0.39 is 0 Å². The molecule has 3 aromatic rings. The minimum Gasteiger partial charge on any atom is -0.357 e. The van der Waals surface area contributed by atoms with Crippen LogP contribution in [0.2, 0.25) is 0 Å². The van der Waals surface area contributed by atoms with Gasteiger partial charge in [0.05, 0.1) is 17.5 Å². The first-order chi connectivity index (χ1) is 9.92. The SMILES string of the molecule is c1ccc2c(-n3ccnc3)cc(N3CCCC3)nc2c1. The van der Waals surface area contributed by atoms with Crippen LogP contribution >= 0.6 is 0 Å². The number of hydrogen-bond donors (Lipinski definition) is 0. The number of hydrogen-bond acceptors (Lipinski definition) is 3. The van der Waals surface area contributed by atoms with Gasteiger partial charge in [-0.3, -0.25) is 0 Å². The van der Waals surface area contributed by atoms with Crippen molar-refractivity contribution in [2.24, 2.45) is 0 Å². The molecular weight excluding hydrogens is 248 g/mol. The van der Waals surface area contributed by atoms with E-state index in [1.165, 1.54) is 12.8 Å². The minimum absolute atomic E-state index is 1.04. The van der Waals surface area contributed by atoms with Crippen molar-refractivity contribution in [1.82, 2.24) is 14.5 Å². The molecule has 0 atom stereocenters. The van der Waals surface area contributed by atoms with Crippen molar-refractivity contribution in [3.63, 3.8) is 0 Å². The Hall–Kier alpha value is -2.36. The highest BCUT2D eigenvalue weighted by atomic mass is 15.2. The van der Waals surface area contributed by atoms with E-state index >= 15 is 0 Å². The summed E-state index contributed by atoms with van der Waals surface area (Å²) in [6.07, 6.45) is 8.15. The highest BCUT2D eigenvalue weighted by Gasteiger charge is 2.16. The Morgan fingerprint density at radius 1 is 1.05 bits per heavy atom. The zero-order chi connectivity index (χ0) is 13.4. The van der Waals surface area contributed by atoms with Gasteiger partial charge in [0.1, 0.15) is 5.82 Å². The second-order valence-corrected chi connectivity index (χ2v) is 5.18. The van der Waals surface area contributed by atoms with E-state index in [0.717, 1.165) is 35.5 Å². The molecule has 0 aliphatic carbocycles. The predicted octanol–water partition coefficient (Wildman–Crippen LogP) is 3.02. The lowest BCUT2D eigenvalue weighted by atomic mass is 10.2. The highest BCUT2D eigenvalue weighted by Crippen LogP contribution is 2.27. The lowest BCUT2D eigenvalue weighted by Gasteiger charge is -2.18. The summed E-state index contributed by atoms with van der Waals surface area (Å²) in [5.41, 5.74) is 2.19. The third-order valence-corrected chi connectivity index (χ3v) is 3.89. The van der Waals surface area contributed by atoms with E-state index in [1.807, 2.05) is 24.8 Å². The Labute approximate surface area is 117 Å². The van der Waals surface area contributed by atoms with Gasteiger partial charge in [-0.05, 0) is 18.9 Å². The third-order valence-electron chi connectivity index (χ3n) is 3.89. The normalized spacial score (nSPS) is 15.1. The van der Waals surface area contributed by atoms with Gasteiger partial charge in [0.2, 0.25) is 0 Å². The third kappa shape index (κ3) is 1.84. The van der Waals surface area contributed by atoms with Gasteiger partial charge in [-0.2, -0.15) is 0 Å². The second kappa shape index (κ2) is 4.63. The van der Waals surface area contributed by atoms with Gasteiger partial charge in [0, 0.05) is 36.9 Å². The molecule has 4 rings (SSSR count). The molecule has 0 unspecified atom stereocenters. The van der Waals surface area contributed by atoms with Gasteiger partial charge >= 0.3 is 0 Å². The number of para-hydroxylation sites is 1. The highest BCUT2D eigenvalue weighted by molar-refractivity contribution is 5.89. The smallest absolute Gasteiger partial charge is 0.131 e. The van der Waals surface area contributed by atoms with Gasteiger partial charge in [-0.25, -0.2) is 9.97 Å². The van der Waals surface area contributed by atoms with Crippen LogP contribution in [0, 0.1) is 0 Å². The van der Waals surface area contributed by atoms with E-state index in [2.05, 4.69) is 38.7 Å². The van der Waals surface area contributed by atoms with Gasteiger partial charge in [0.25, 0.3) is 0 Å². The van der Waals surface area contributed by atoms with E-state index in [4.69, 9.17) is 4.98 Å². The Morgan fingerprint density at radius 3 is 2.70 bits per heavy atom. The van der Waals surface area contributed by atoms with Crippen LogP contribution in [0.4, 0.5) is 5.82 Å². The molecule has 20 heavy (non-hydrogen) atoms. The van der Waals surface area contributed by atoms with Crippen molar-refractivity contribution in [3.8, 4) is 5.69 Å². The number of benzene rings is 1. The first-order valence-electron chi connectivity index (χ1n) is 7.05. The molecule has 4 nitrogen and oxygen atoms in total. The number of nitrogens with zero attached hydrogens (tertiary/aromatic N) is 4. The van der Waals surface area contributed by atoms with Crippen molar-refractivity contribution in [3.05, 3.63) is 49.1 Å². The maximum atomic E-state index is 4.82. The van der Waals surface area contributed by atoms with Crippen molar-refractivity contribution < 1.29 is 0 Å². The molecule has 0 saturated carbocycles. The number of rotatable bonds is 2. The van der Waals surface area contributed by atoms with Gasteiger partial charge in [0.15, 0.2) is 0 Å². The van der Waals surface area contributed by atoms with Crippen LogP contribution in [0.3, 0.4) is 0 Å². The van der Waals surface area contributed by atoms with Crippen LogP contribution < -0.4 is 4.90 Å². The quantitative estimate of drug-likeness (QED) is 0.713. The van der Waals surface area contributed by atoms with Crippen LogP contribution in [0.1, 0.15) is 12.8 Å². The Bertz CT molecular complexity index is 727. The Balaban J connectivity index is 1.94. The fraction of sp³-hybridized carbons (Fsp3) is 0.250. The summed E-state index contributed by atoms with van der Waals surface area (Å²) >= 11 is 0. The van der Waals surface area contributed by atoms with Crippen LogP contribution in [-0.4, -0.2) is 27.6 Å². The largest absolute Gasteiger partial charge is 0.357 e. The molecular formula is C16H16N4. The van der Waals surface area contributed by atoms with Gasteiger partial charge < -0.3 is 9.47 Å². The molecule has 3 heterocycles. The van der Waals surface area contributed by atoms with Crippen LogP contribution in [-0.2, 0) is 0 Å². The molecule has 0 spiro atoms. The maximum absolute atomic E-state index is 4.82. The molecule has 0 amide bonds. The summed E-state index contributed by atoms with van der Waals surface area (Å²) in [4.78, 5) is 11.3. The molecule has 1 aliphatic rings. The summed E-state index contributed by atoms with van der Waals surface area (Å²) in [5, 5.41) is 1.16. The minimum atomic E-state index is 1.04. The monoisotopic (exact) mass is 264 g/mol. The fourth-order valence-electron chi connectivity index (χ4n) is 2.87. The zero-order valence-corrected chi connectivity index (χ0v) is 11.2. The van der Waals surface area contributed by atoms with Gasteiger partial charge in [-0.15, -0.1) is 0 Å². The Kier molecular flexibility index (Phi) is 2.66. The molecule has 2 aromatic heterocycles. The average molecular weight is 264 g/mol. The molecule has 100 valence electrons. The molecule has 1 aromatic carbocycles. The van der Waals surface area contributed by atoms with Crippen molar-refractivity contribution in [1.29, 1.82) is 0 Å². The average Bonchev–Trinajstić information content (AvgIpc) is 3.19. The predicted molar refractivity (Wildman–Crippen MR) is 80.3 cm³/mol. The number of aromatic nitrogens is 3. The topological polar surface area (TPSA) is 34.0 Å². The number of pyridine rings is 1. The van der Waals surface area contributed by atoms with E-state index in [9.17, 15) is 0 Å². The van der Waals surface area contributed by atoms with Crippen LogP contribution in [0.15, 0.2) is 49.1 Å². The summed E-state index contributed by atoms with van der Waals surface area (Å²) in [5.74, 6) is 1.07. The zero-order valence-electron chi connectivity index (χ0n) is 11.2. The summed E-state index contributed by atoms with van der Waals surface area (Å²) in [6, 6.07) is 10.5. The lowest BCUT2D eigenvalue weighted by molar-refractivity contribution is 0.938. The molecule has 1 fully saturated rings. The summed E-state index contributed by atoms with van der Waals surface area (Å²) in [6.45, 7) is 2.21. The first kappa shape index (κ1) is 11.5. The van der Waals surface area contributed by atoms with E-state index in [0.29, 0.717) is 0 Å². The first-order valence-corrected chi connectivity index (χ1v) is 7.05. The Morgan fingerprint density at radius 2 is 1.90 bits per heavy atom. The van der Waals surface area contributed by atoms with E-state index in [-0.39, 0.29) is 0 Å². The van der Waals surface area contributed by atoms with Crippen molar-refractivity contribution in [2.45, 2.75) is 12.8 Å². The lowest BCUT2D eigenvalue weighted by Crippen LogP contribution is -2.19. The maximum Gasteiger partial charge on any atom is 0.131 e. The standard InChI is InChI=1S/C16H16N4/c1-2-6-14-13(5-1)15(20-10-7-17-12-20)11-16(18-14)19-8-3-4-9-19/h1-2,5-7,10-12H,3-4,8-9H2. The number of imidazole rings is 1. The van der Waals surface area contributed by atoms with Gasteiger partial charge in [-0.1, -0.05) is 18.2 Å². The second-order valence-electron chi connectivity index (χ2n) is 5.18. The summed E-state index contributed by atoms with van der Waals surface area (Å²) < 4.78 is 2.06. The van der Waals surface area contributed by atoms with Crippen LogP contribution in [0.25, 0.3) is 16.6 Å². The molecule has 4 heteroatoms. The number of fused-ring (bicyclic) bond motifs is 1. The molecule has 1 saturated heterocycles. The molecule has 0 radical (unpaired) electrons. The molecule has 1 aliphatic heterocycles. The van der Waals surface area contributed by atoms with Crippen molar-refractivity contribution >= 4 is 16.7 Å². The summed E-state index contributed by atoms with van der Waals surface area (Å²) in [7, 11) is 0. The van der Waals surface area contributed by atoms with E-state index in [1.54, 1.807) is 0 Å². The van der Waals surface area contributed by atoms with Crippen molar-refractivity contribution in [2.75, 3.05) is 18.0 Å². The molecule has 0 bridgehead atoms. The van der Waals surface area contributed by atoms with Crippen LogP contribution in [0.5, 0.6) is 0 Å². The fourth-order valence-corrected chi connectivity index (χ4v) is 2.87.